The molecule has 0 aliphatic rings. The van der Waals surface area contributed by atoms with Crippen LogP contribution in [0.1, 0.15) is 16.7 Å². The molecule has 0 saturated carbocycles. The summed E-state index contributed by atoms with van der Waals surface area (Å²) in [5.74, 6) is -1.74. The molecular weight excluding hydrogens is 329 g/mol. The maximum Gasteiger partial charge on any atom is 0.237 e. The molecule has 0 spiro atoms. The summed E-state index contributed by atoms with van der Waals surface area (Å²) in [6, 6.07) is 13.3. The zero-order valence-corrected chi connectivity index (χ0v) is 14.5. The van der Waals surface area contributed by atoms with Gasteiger partial charge in [-0.1, -0.05) is 48.0 Å². The molecule has 0 radical (unpaired) electrons. The molecule has 0 unspecified atom stereocenters. The first-order valence-electron chi connectivity index (χ1n) is 7.50. The number of amides is 1. The SMILES string of the molecule is Cc1cccc(CS(=O)(=O)CC(=O)N(C)Cc2ccccc2F)c1. The number of benzene rings is 2. The van der Waals surface area contributed by atoms with Crippen LogP contribution in [0.3, 0.4) is 0 Å². The number of nitrogens with zero attached hydrogens (tertiary/aromatic N) is 1. The van der Waals surface area contributed by atoms with Gasteiger partial charge < -0.3 is 4.90 Å². The van der Waals surface area contributed by atoms with Crippen LogP contribution in [-0.4, -0.2) is 32.0 Å². The minimum Gasteiger partial charge on any atom is -0.340 e. The first kappa shape index (κ1) is 18.1. The van der Waals surface area contributed by atoms with Gasteiger partial charge >= 0.3 is 0 Å². The van der Waals surface area contributed by atoms with Gasteiger partial charge in [0.05, 0.1) is 5.75 Å². The minimum absolute atomic E-state index is 0.0332. The third-order valence-corrected chi connectivity index (χ3v) is 5.06. The third-order valence-electron chi connectivity index (χ3n) is 3.60. The summed E-state index contributed by atoms with van der Waals surface area (Å²) < 4.78 is 38.1. The van der Waals surface area contributed by atoms with Gasteiger partial charge in [0.15, 0.2) is 9.84 Å². The van der Waals surface area contributed by atoms with E-state index >= 15 is 0 Å². The number of hydrogen-bond donors (Lipinski definition) is 0. The predicted molar refractivity (Wildman–Crippen MR) is 91.5 cm³/mol. The van der Waals surface area contributed by atoms with Crippen molar-refractivity contribution < 1.29 is 17.6 Å². The maximum absolute atomic E-state index is 13.6. The quantitative estimate of drug-likeness (QED) is 0.806. The zero-order valence-electron chi connectivity index (χ0n) is 13.7. The van der Waals surface area contributed by atoms with E-state index in [0.29, 0.717) is 11.1 Å². The number of carbonyl (C=O) groups is 1. The van der Waals surface area contributed by atoms with Gasteiger partial charge in [-0.15, -0.1) is 0 Å². The lowest BCUT2D eigenvalue weighted by Crippen LogP contribution is -2.32. The Morgan fingerprint density at radius 3 is 2.50 bits per heavy atom. The Morgan fingerprint density at radius 2 is 1.83 bits per heavy atom. The summed E-state index contributed by atoms with van der Waals surface area (Å²) in [6.45, 7) is 1.91. The Morgan fingerprint density at radius 1 is 1.12 bits per heavy atom. The fourth-order valence-electron chi connectivity index (χ4n) is 2.38. The minimum atomic E-state index is -3.58. The topological polar surface area (TPSA) is 54.5 Å². The van der Waals surface area contributed by atoms with E-state index in [1.807, 2.05) is 13.0 Å². The van der Waals surface area contributed by atoms with E-state index in [2.05, 4.69) is 0 Å². The van der Waals surface area contributed by atoms with Gasteiger partial charge in [0.2, 0.25) is 5.91 Å². The molecule has 0 fully saturated rings. The second kappa shape index (κ2) is 7.57. The lowest BCUT2D eigenvalue weighted by atomic mass is 10.2. The Hall–Kier alpha value is -2.21. The van der Waals surface area contributed by atoms with Crippen LogP contribution in [0.4, 0.5) is 4.39 Å². The molecule has 0 atom stereocenters. The van der Waals surface area contributed by atoms with Crippen molar-refractivity contribution in [2.45, 2.75) is 19.2 Å². The second-order valence-electron chi connectivity index (χ2n) is 5.86. The summed E-state index contributed by atoms with van der Waals surface area (Å²) in [7, 11) is -2.11. The molecule has 1 amide bonds. The Bertz CT molecular complexity index is 834. The summed E-state index contributed by atoms with van der Waals surface area (Å²) in [6.07, 6.45) is 0. The van der Waals surface area contributed by atoms with Gasteiger partial charge in [-0.2, -0.15) is 0 Å². The van der Waals surface area contributed by atoms with Gasteiger partial charge in [-0.3, -0.25) is 4.79 Å². The fourth-order valence-corrected chi connectivity index (χ4v) is 3.76. The standard InChI is InChI=1S/C18H20FNO3S/c1-14-6-5-7-15(10-14)12-24(22,23)13-18(21)20(2)11-16-8-3-4-9-17(16)19/h3-10H,11-13H2,1-2H3. The van der Waals surface area contributed by atoms with E-state index < -0.39 is 27.3 Å². The molecule has 0 aliphatic heterocycles. The summed E-state index contributed by atoms with van der Waals surface area (Å²) in [5.41, 5.74) is 1.97. The smallest absolute Gasteiger partial charge is 0.237 e. The molecule has 0 heterocycles. The third kappa shape index (κ3) is 5.16. The van der Waals surface area contributed by atoms with Crippen LogP contribution in [0, 0.1) is 12.7 Å². The van der Waals surface area contributed by atoms with E-state index in [1.165, 1.54) is 18.0 Å². The molecule has 6 heteroatoms. The van der Waals surface area contributed by atoms with Gasteiger partial charge in [-0.25, -0.2) is 12.8 Å². The van der Waals surface area contributed by atoms with E-state index in [4.69, 9.17) is 0 Å². The summed E-state index contributed by atoms with van der Waals surface area (Å²) >= 11 is 0. The van der Waals surface area contributed by atoms with Crippen LogP contribution in [0.2, 0.25) is 0 Å². The number of hydrogen-bond acceptors (Lipinski definition) is 3. The van der Waals surface area contributed by atoms with Crippen molar-refractivity contribution in [2.75, 3.05) is 12.8 Å². The van der Waals surface area contributed by atoms with Gasteiger partial charge in [0, 0.05) is 19.2 Å². The average Bonchev–Trinajstić information content (AvgIpc) is 2.48. The highest BCUT2D eigenvalue weighted by molar-refractivity contribution is 7.91. The van der Waals surface area contributed by atoms with Gasteiger partial charge in [0.1, 0.15) is 11.6 Å². The lowest BCUT2D eigenvalue weighted by molar-refractivity contribution is -0.127. The normalized spacial score (nSPS) is 11.3. The fraction of sp³-hybridized carbons (Fsp3) is 0.278. The van der Waals surface area contributed by atoms with Crippen LogP contribution in [0.25, 0.3) is 0 Å². The van der Waals surface area contributed by atoms with Crippen LogP contribution in [0.15, 0.2) is 48.5 Å². The molecule has 2 aromatic carbocycles. The molecule has 24 heavy (non-hydrogen) atoms. The molecule has 128 valence electrons. The summed E-state index contributed by atoms with van der Waals surface area (Å²) in [5, 5.41) is 0. The molecule has 4 nitrogen and oxygen atoms in total. The molecular formula is C18H20FNO3S. The van der Waals surface area contributed by atoms with Crippen molar-refractivity contribution in [1.29, 1.82) is 0 Å². The van der Waals surface area contributed by atoms with Crippen LogP contribution in [0.5, 0.6) is 0 Å². The molecule has 0 saturated heterocycles. The zero-order chi connectivity index (χ0) is 17.7. The highest BCUT2D eigenvalue weighted by Crippen LogP contribution is 2.12. The van der Waals surface area contributed by atoms with Gasteiger partial charge in [-0.05, 0) is 18.6 Å². The molecule has 0 bridgehead atoms. The summed E-state index contributed by atoms with van der Waals surface area (Å²) in [4.78, 5) is 13.4. The van der Waals surface area contributed by atoms with Crippen molar-refractivity contribution in [3.05, 3.63) is 71.0 Å². The number of carbonyl (C=O) groups excluding carboxylic acids is 1. The molecule has 2 aromatic rings. The van der Waals surface area contributed by atoms with Crippen molar-refractivity contribution in [3.63, 3.8) is 0 Å². The van der Waals surface area contributed by atoms with Crippen molar-refractivity contribution >= 4 is 15.7 Å². The van der Waals surface area contributed by atoms with E-state index in [0.717, 1.165) is 5.56 Å². The number of rotatable bonds is 6. The maximum atomic E-state index is 13.6. The Kier molecular flexibility index (Phi) is 5.72. The van der Waals surface area contributed by atoms with Crippen LogP contribution >= 0.6 is 0 Å². The number of aryl methyl sites for hydroxylation is 1. The Labute approximate surface area is 141 Å². The molecule has 2 rings (SSSR count). The first-order chi connectivity index (χ1) is 11.3. The number of halogens is 1. The van der Waals surface area contributed by atoms with Crippen molar-refractivity contribution in [3.8, 4) is 0 Å². The van der Waals surface area contributed by atoms with Crippen LogP contribution < -0.4 is 0 Å². The predicted octanol–water partition coefficient (Wildman–Crippen LogP) is 2.71. The van der Waals surface area contributed by atoms with Gasteiger partial charge in [0.25, 0.3) is 0 Å². The van der Waals surface area contributed by atoms with E-state index in [-0.39, 0.29) is 12.3 Å². The van der Waals surface area contributed by atoms with Crippen molar-refractivity contribution in [2.24, 2.45) is 0 Å². The average molecular weight is 349 g/mol. The highest BCUT2D eigenvalue weighted by Gasteiger charge is 2.21. The van der Waals surface area contributed by atoms with E-state index in [1.54, 1.807) is 36.4 Å². The van der Waals surface area contributed by atoms with Crippen LogP contribution in [-0.2, 0) is 26.9 Å². The Balaban J connectivity index is 2.01. The monoisotopic (exact) mass is 349 g/mol. The highest BCUT2D eigenvalue weighted by atomic mass is 32.2. The second-order valence-corrected chi connectivity index (χ2v) is 7.93. The lowest BCUT2D eigenvalue weighted by Gasteiger charge is -2.17. The molecule has 0 aromatic heterocycles. The largest absolute Gasteiger partial charge is 0.340 e. The number of sulfone groups is 1. The molecule has 0 N–H and O–H groups in total. The molecule has 0 aliphatic carbocycles. The van der Waals surface area contributed by atoms with Crippen molar-refractivity contribution in [1.82, 2.24) is 4.90 Å². The first-order valence-corrected chi connectivity index (χ1v) is 9.32. The van der Waals surface area contributed by atoms with E-state index in [9.17, 15) is 17.6 Å².